The van der Waals surface area contributed by atoms with E-state index in [1.165, 1.54) is 16.0 Å². The second-order valence-corrected chi connectivity index (χ2v) is 10.4. The van der Waals surface area contributed by atoms with E-state index in [0.717, 1.165) is 38.2 Å². The number of carbonyl (C=O) groups is 2. The van der Waals surface area contributed by atoms with Crippen molar-refractivity contribution in [2.24, 2.45) is 0 Å². The molecular formula is C31H36N4O2. The molecule has 0 saturated carbocycles. The maximum absolute atomic E-state index is 13.9. The molecule has 2 saturated heterocycles. The summed E-state index contributed by atoms with van der Waals surface area (Å²) in [6, 6.07) is 26.3. The molecule has 1 spiro atoms. The number of hydrogen-bond donors (Lipinski definition) is 0. The second kappa shape index (κ2) is 11.3. The Morgan fingerprint density at radius 3 is 2.22 bits per heavy atom. The molecule has 6 nitrogen and oxygen atoms in total. The summed E-state index contributed by atoms with van der Waals surface area (Å²) in [6.45, 7) is 5.68. The van der Waals surface area contributed by atoms with Crippen molar-refractivity contribution in [2.75, 3.05) is 26.2 Å². The fraction of sp³-hybridized carbons (Fsp3) is 0.387. The van der Waals surface area contributed by atoms with Gasteiger partial charge in [-0.3, -0.25) is 14.7 Å². The molecule has 0 radical (unpaired) electrons. The van der Waals surface area contributed by atoms with Crippen LogP contribution in [0, 0.1) is 0 Å². The van der Waals surface area contributed by atoms with E-state index in [1.807, 2.05) is 41.3 Å². The Morgan fingerprint density at radius 1 is 0.865 bits per heavy atom. The molecule has 1 aromatic heterocycles. The highest BCUT2D eigenvalue weighted by atomic mass is 16.2. The summed E-state index contributed by atoms with van der Waals surface area (Å²) in [5.41, 5.74) is 2.51. The number of likely N-dealkylation sites (tertiary alicyclic amines) is 1. The highest BCUT2D eigenvalue weighted by Gasteiger charge is 2.57. The van der Waals surface area contributed by atoms with Crippen LogP contribution in [0.4, 0.5) is 4.79 Å². The van der Waals surface area contributed by atoms with Crippen LogP contribution in [0.1, 0.15) is 48.9 Å². The van der Waals surface area contributed by atoms with E-state index in [4.69, 9.17) is 0 Å². The van der Waals surface area contributed by atoms with Crippen molar-refractivity contribution in [3.63, 3.8) is 0 Å². The van der Waals surface area contributed by atoms with Gasteiger partial charge in [-0.05, 0) is 61.4 Å². The molecule has 0 bridgehead atoms. The van der Waals surface area contributed by atoms with Crippen LogP contribution >= 0.6 is 0 Å². The summed E-state index contributed by atoms with van der Waals surface area (Å²) in [6.07, 6.45) is 4.86. The number of rotatable bonds is 9. The van der Waals surface area contributed by atoms with E-state index in [0.29, 0.717) is 25.3 Å². The Balaban J connectivity index is 1.28. The van der Waals surface area contributed by atoms with Crippen molar-refractivity contribution >= 4 is 11.9 Å². The zero-order chi connectivity index (χ0) is 25.7. The van der Waals surface area contributed by atoms with Gasteiger partial charge in [0.05, 0.1) is 12.2 Å². The normalized spacial score (nSPS) is 18.5. The van der Waals surface area contributed by atoms with E-state index in [9.17, 15) is 9.59 Å². The Hall–Kier alpha value is -3.51. The van der Waals surface area contributed by atoms with Crippen LogP contribution in [0.3, 0.4) is 0 Å². The van der Waals surface area contributed by atoms with E-state index in [1.54, 1.807) is 6.20 Å². The number of urea groups is 1. The van der Waals surface area contributed by atoms with E-state index in [2.05, 4.69) is 59.3 Å². The first-order valence-electron chi connectivity index (χ1n) is 13.4. The van der Waals surface area contributed by atoms with Crippen molar-refractivity contribution in [1.82, 2.24) is 19.7 Å². The van der Waals surface area contributed by atoms with Crippen molar-refractivity contribution in [2.45, 2.75) is 50.6 Å². The molecule has 2 fully saturated rings. The third-order valence-corrected chi connectivity index (χ3v) is 8.07. The molecule has 1 atom stereocenters. The lowest BCUT2D eigenvalue weighted by molar-refractivity contribution is -0.136. The quantitative estimate of drug-likeness (QED) is 0.386. The van der Waals surface area contributed by atoms with E-state index in [-0.39, 0.29) is 18.5 Å². The van der Waals surface area contributed by atoms with Crippen molar-refractivity contribution in [3.8, 4) is 0 Å². The first kappa shape index (κ1) is 25.2. The van der Waals surface area contributed by atoms with Crippen LogP contribution in [0.25, 0.3) is 0 Å². The van der Waals surface area contributed by atoms with Gasteiger partial charge in [0.25, 0.3) is 5.91 Å². The molecule has 0 aliphatic carbocycles. The van der Waals surface area contributed by atoms with Gasteiger partial charge < -0.3 is 9.80 Å². The summed E-state index contributed by atoms with van der Waals surface area (Å²) in [5, 5.41) is 0. The molecular weight excluding hydrogens is 460 g/mol. The predicted molar refractivity (Wildman–Crippen MR) is 145 cm³/mol. The van der Waals surface area contributed by atoms with Gasteiger partial charge in [0.15, 0.2) is 0 Å². The molecule has 2 aliphatic heterocycles. The highest BCUT2D eigenvalue weighted by molar-refractivity contribution is 6.07. The van der Waals surface area contributed by atoms with Gasteiger partial charge in [0.2, 0.25) is 0 Å². The zero-order valence-corrected chi connectivity index (χ0v) is 21.6. The molecule has 3 aromatic rings. The monoisotopic (exact) mass is 496 g/mol. The minimum atomic E-state index is -0.762. The summed E-state index contributed by atoms with van der Waals surface area (Å²) in [7, 11) is 0. The number of carbonyl (C=O) groups excluding carboxylic acids is 2. The fourth-order valence-electron chi connectivity index (χ4n) is 5.73. The number of benzene rings is 2. The fourth-order valence-corrected chi connectivity index (χ4v) is 5.73. The molecule has 3 heterocycles. The summed E-state index contributed by atoms with van der Waals surface area (Å²) < 4.78 is 0. The number of imide groups is 1. The third kappa shape index (κ3) is 5.44. The van der Waals surface area contributed by atoms with Crippen LogP contribution in [-0.2, 0) is 17.8 Å². The Labute approximate surface area is 219 Å². The molecule has 5 rings (SSSR count). The Kier molecular flexibility index (Phi) is 7.65. The number of piperidine rings is 1. The standard InChI is InChI=1S/C31H36N4O2/c1-25(27-12-6-3-7-13-27)15-20-33-22-17-31(18-23-33)29(36)34(24-28-14-8-9-19-32-28)30(37)35(31)21-16-26-10-4-2-5-11-26/h2-14,19,25H,15-18,20-24H2,1H3. The molecule has 2 aliphatic rings. The molecule has 37 heavy (non-hydrogen) atoms. The number of aromatic nitrogens is 1. The lowest BCUT2D eigenvalue weighted by Gasteiger charge is -2.42. The number of amides is 3. The zero-order valence-electron chi connectivity index (χ0n) is 21.6. The second-order valence-electron chi connectivity index (χ2n) is 10.4. The molecule has 2 aromatic carbocycles. The van der Waals surface area contributed by atoms with Crippen molar-refractivity contribution < 1.29 is 9.59 Å². The van der Waals surface area contributed by atoms with Crippen LogP contribution in [0.5, 0.6) is 0 Å². The van der Waals surface area contributed by atoms with Gasteiger partial charge in [-0.1, -0.05) is 73.7 Å². The van der Waals surface area contributed by atoms with Gasteiger partial charge in [-0.2, -0.15) is 0 Å². The first-order chi connectivity index (χ1) is 18.1. The molecule has 1 unspecified atom stereocenters. The van der Waals surface area contributed by atoms with E-state index >= 15 is 0 Å². The van der Waals surface area contributed by atoms with Crippen LogP contribution in [0.2, 0.25) is 0 Å². The van der Waals surface area contributed by atoms with Gasteiger partial charge >= 0.3 is 6.03 Å². The SMILES string of the molecule is CC(CCN1CCC2(CC1)C(=O)N(Cc1ccccn1)C(=O)N2CCc1ccccc1)c1ccccc1. The topological polar surface area (TPSA) is 56.8 Å². The smallest absolute Gasteiger partial charge is 0.309 e. The molecule has 192 valence electrons. The summed E-state index contributed by atoms with van der Waals surface area (Å²) >= 11 is 0. The maximum atomic E-state index is 13.9. The van der Waals surface area contributed by atoms with Gasteiger partial charge in [-0.25, -0.2) is 4.79 Å². The van der Waals surface area contributed by atoms with Crippen LogP contribution in [-0.4, -0.2) is 63.3 Å². The largest absolute Gasteiger partial charge is 0.328 e. The first-order valence-corrected chi connectivity index (χ1v) is 13.4. The number of pyridine rings is 1. The van der Waals surface area contributed by atoms with Crippen LogP contribution < -0.4 is 0 Å². The van der Waals surface area contributed by atoms with E-state index < -0.39 is 5.54 Å². The van der Waals surface area contributed by atoms with Crippen LogP contribution in [0.15, 0.2) is 85.1 Å². The lowest BCUT2D eigenvalue weighted by atomic mass is 9.85. The van der Waals surface area contributed by atoms with Gasteiger partial charge in [-0.15, -0.1) is 0 Å². The Morgan fingerprint density at radius 2 is 1.54 bits per heavy atom. The maximum Gasteiger partial charge on any atom is 0.328 e. The Bertz CT molecular complexity index is 1180. The molecule has 6 heteroatoms. The third-order valence-electron chi connectivity index (χ3n) is 8.07. The van der Waals surface area contributed by atoms with Crippen molar-refractivity contribution in [3.05, 3.63) is 102 Å². The summed E-state index contributed by atoms with van der Waals surface area (Å²) in [4.78, 5) is 37.7. The van der Waals surface area contributed by atoms with Gasteiger partial charge in [0.1, 0.15) is 5.54 Å². The summed E-state index contributed by atoms with van der Waals surface area (Å²) in [5.74, 6) is 0.427. The minimum Gasteiger partial charge on any atom is -0.309 e. The van der Waals surface area contributed by atoms with Crippen molar-refractivity contribution in [1.29, 1.82) is 0 Å². The highest BCUT2D eigenvalue weighted by Crippen LogP contribution is 2.38. The average Bonchev–Trinajstić information content (AvgIpc) is 3.13. The molecule has 0 N–H and O–H groups in total. The minimum absolute atomic E-state index is 0.0616. The number of nitrogens with zero attached hydrogens (tertiary/aromatic N) is 4. The van der Waals surface area contributed by atoms with Gasteiger partial charge in [0, 0.05) is 25.8 Å². The lowest BCUT2D eigenvalue weighted by Crippen LogP contribution is -2.57. The predicted octanol–water partition coefficient (Wildman–Crippen LogP) is 5.12. The number of hydrogen-bond acceptors (Lipinski definition) is 4. The average molecular weight is 497 g/mol. The molecule has 3 amide bonds.